The Morgan fingerprint density at radius 1 is 1.12 bits per heavy atom. The Kier molecular flexibility index (Phi) is 3.31. The van der Waals surface area contributed by atoms with Gasteiger partial charge in [0.15, 0.2) is 0 Å². The van der Waals surface area contributed by atoms with Crippen LogP contribution in [0.25, 0.3) is 0 Å². The zero-order chi connectivity index (χ0) is 12.4. The molecule has 0 aliphatic heterocycles. The Bertz CT molecular complexity index is 527. The van der Waals surface area contributed by atoms with Gasteiger partial charge in [0.05, 0.1) is 0 Å². The van der Waals surface area contributed by atoms with Crippen molar-refractivity contribution in [2.24, 2.45) is 0 Å². The van der Waals surface area contributed by atoms with Crippen LogP contribution in [0.15, 0.2) is 42.5 Å². The van der Waals surface area contributed by atoms with E-state index in [9.17, 15) is 9.50 Å². The first-order valence-corrected chi connectivity index (χ1v) is 5.44. The summed E-state index contributed by atoms with van der Waals surface area (Å²) in [7, 11) is 0. The Hall–Kier alpha value is -1.58. The molecule has 0 aliphatic rings. The highest BCUT2D eigenvalue weighted by Crippen LogP contribution is 2.27. The van der Waals surface area contributed by atoms with Crippen LogP contribution in [0.2, 0.25) is 5.02 Å². The van der Waals surface area contributed by atoms with Crippen LogP contribution in [0.5, 0.6) is 0 Å². The Morgan fingerprint density at radius 3 is 2.41 bits per heavy atom. The molecule has 17 heavy (non-hydrogen) atoms. The number of halogens is 2. The topological polar surface area (TPSA) is 46.2 Å². The van der Waals surface area contributed by atoms with Gasteiger partial charge in [0.2, 0.25) is 0 Å². The Labute approximate surface area is 103 Å². The standard InChI is InChI=1S/C13H11ClFNO/c14-9-3-1-8(2-4-9)13(17)11-7-10(15)5-6-12(11)16/h1-7,13,17H,16H2. The van der Waals surface area contributed by atoms with E-state index in [4.69, 9.17) is 17.3 Å². The summed E-state index contributed by atoms with van der Waals surface area (Å²) in [6, 6.07) is 10.6. The van der Waals surface area contributed by atoms with Crippen molar-refractivity contribution in [3.05, 3.63) is 64.4 Å². The number of aliphatic hydroxyl groups is 1. The number of anilines is 1. The molecule has 0 aliphatic carbocycles. The molecule has 2 aromatic carbocycles. The number of rotatable bonds is 2. The first-order valence-electron chi connectivity index (χ1n) is 5.06. The molecule has 1 atom stereocenters. The fourth-order valence-electron chi connectivity index (χ4n) is 1.61. The summed E-state index contributed by atoms with van der Waals surface area (Å²) in [4.78, 5) is 0. The van der Waals surface area contributed by atoms with E-state index in [2.05, 4.69) is 0 Å². The summed E-state index contributed by atoms with van der Waals surface area (Å²) in [6.07, 6.45) is -0.956. The molecule has 0 radical (unpaired) electrons. The third-order valence-electron chi connectivity index (χ3n) is 2.53. The number of nitrogen functional groups attached to an aromatic ring is 1. The van der Waals surface area contributed by atoms with Gasteiger partial charge < -0.3 is 10.8 Å². The van der Waals surface area contributed by atoms with Crippen molar-refractivity contribution < 1.29 is 9.50 Å². The van der Waals surface area contributed by atoms with Gasteiger partial charge in [-0.15, -0.1) is 0 Å². The van der Waals surface area contributed by atoms with Crippen LogP contribution in [-0.4, -0.2) is 5.11 Å². The molecular weight excluding hydrogens is 241 g/mol. The molecule has 1 unspecified atom stereocenters. The number of hydrogen-bond donors (Lipinski definition) is 2. The van der Waals surface area contributed by atoms with Crippen LogP contribution < -0.4 is 5.73 Å². The lowest BCUT2D eigenvalue weighted by Crippen LogP contribution is -2.04. The normalized spacial score (nSPS) is 12.4. The van der Waals surface area contributed by atoms with E-state index in [1.807, 2.05) is 0 Å². The molecule has 4 heteroatoms. The van der Waals surface area contributed by atoms with Gasteiger partial charge in [0.25, 0.3) is 0 Å². The summed E-state index contributed by atoms with van der Waals surface area (Å²) in [6.45, 7) is 0. The quantitative estimate of drug-likeness (QED) is 0.806. The van der Waals surface area contributed by atoms with E-state index in [0.29, 0.717) is 21.8 Å². The van der Waals surface area contributed by atoms with Gasteiger partial charge in [0, 0.05) is 16.3 Å². The van der Waals surface area contributed by atoms with Crippen molar-refractivity contribution in [2.75, 3.05) is 5.73 Å². The van der Waals surface area contributed by atoms with Crippen molar-refractivity contribution in [1.82, 2.24) is 0 Å². The molecule has 0 saturated carbocycles. The van der Waals surface area contributed by atoms with Gasteiger partial charge in [0.1, 0.15) is 11.9 Å². The second-order valence-electron chi connectivity index (χ2n) is 3.73. The van der Waals surface area contributed by atoms with Crippen LogP contribution in [0.1, 0.15) is 17.2 Å². The summed E-state index contributed by atoms with van der Waals surface area (Å²) in [5.41, 5.74) is 7.03. The number of benzene rings is 2. The van der Waals surface area contributed by atoms with Gasteiger partial charge in [-0.05, 0) is 35.9 Å². The van der Waals surface area contributed by atoms with Gasteiger partial charge >= 0.3 is 0 Å². The summed E-state index contributed by atoms with van der Waals surface area (Å²) in [5.74, 6) is -0.429. The van der Waals surface area contributed by atoms with Crippen molar-refractivity contribution in [3.63, 3.8) is 0 Å². The molecule has 0 fully saturated rings. The number of hydrogen-bond acceptors (Lipinski definition) is 2. The third-order valence-corrected chi connectivity index (χ3v) is 2.78. The predicted molar refractivity (Wildman–Crippen MR) is 66.3 cm³/mol. The molecule has 88 valence electrons. The highest BCUT2D eigenvalue weighted by molar-refractivity contribution is 6.30. The summed E-state index contributed by atoms with van der Waals surface area (Å²) in [5, 5.41) is 10.7. The number of aliphatic hydroxyl groups excluding tert-OH is 1. The zero-order valence-corrected chi connectivity index (χ0v) is 9.66. The van der Waals surface area contributed by atoms with Crippen LogP contribution in [0.3, 0.4) is 0 Å². The van der Waals surface area contributed by atoms with E-state index in [1.165, 1.54) is 18.2 Å². The van der Waals surface area contributed by atoms with Crippen molar-refractivity contribution in [3.8, 4) is 0 Å². The smallest absolute Gasteiger partial charge is 0.123 e. The highest BCUT2D eigenvalue weighted by Gasteiger charge is 2.14. The highest BCUT2D eigenvalue weighted by atomic mass is 35.5. The SMILES string of the molecule is Nc1ccc(F)cc1C(O)c1ccc(Cl)cc1. The zero-order valence-electron chi connectivity index (χ0n) is 8.90. The first-order chi connectivity index (χ1) is 8.08. The molecule has 0 saturated heterocycles. The summed E-state index contributed by atoms with van der Waals surface area (Å²) < 4.78 is 13.1. The first kappa shape index (κ1) is 11.9. The monoisotopic (exact) mass is 251 g/mol. The molecule has 0 bridgehead atoms. The van der Waals surface area contributed by atoms with E-state index in [-0.39, 0.29) is 0 Å². The molecule has 0 amide bonds. The molecular formula is C13H11ClFNO. The Balaban J connectivity index is 2.39. The second kappa shape index (κ2) is 4.73. The van der Waals surface area contributed by atoms with E-state index >= 15 is 0 Å². The third kappa shape index (κ3) is 2.57. The van der Waals surface area contributed by atoms with E-state index in [1.54, 1.807) is 24.3 Å². The molecule has 2 aromatic rings. The fraction of sp³-hybridized carbons (Fsp3) is 0.0769. The minimum absolute atomic E-state index is 0.354. The van der Waals surface area contributed by atoms with Crippen molar-refractivity contribution in [2.45, 2.75) is 6.10 Å². The van der Waals surface area contributed by atoms with Crippen molar-refractivity contribution in [1.29, 1.82) is 0 Å². The largest absolute Gasteiger partial charge is 0.398 e. The molecule has 3 N–H and O–H groups in total. The maximum absolute atomic E-state index is 13.1. The maximum Gasteiger partial charge on any atom is 0.123 e. The predicted octanol–water partition coefficient (Wildman–Crippen LogP) is 3.14. The maximum atomic E-state index is 13.1. The molecule has 0 aromatic heterocycles. The molecule has 0 heterocycles. The van der Waals surface area contributed by atoms with Crippen LogP contribution in [0, 0.1) is 5.82 Å². The van der Waals surface area contributed by atoms with Gasteiger partial charge in [-0.2, -0.15) is 0 Å². The minimum atomic E-state index is -0.956. The average Bonchev–Trinajstić information content (AvgIpc) is 2.32. The van der Waals surface area contributed by atoms with E-state index < -0.39 is 11.9 Å². The lowest BCUT2D eigenvalue weighted by atomic mass is 10.00. The van der Waals surface area contributed by atoms with Crippen molar-refractivity contribution >= 4 is 17.3 Å². The van der Waals surface area contributed by atoms with Gasteiger partial charge in [-0.1, -0.05) is 23.7 Å². The second-order valence-corrected chi connectivity index (χ2v) is 4.16. The number of nitrogens with two attached hydrogens (primary N) is 1. The Morgan fingerprint density at radius 2 is 1.76 bits per heavy atom. The van der Waals surface area contributed by atoms with Crippen LogP contribution >= 0.6 is 11.6 Å². The molecule has 2 nitrogen and oxygen atoms in total. The van der Waals surface area contributed by atoms with Crippen LogP contribution in [0.4, 0.5) is 10.1 Å². The van der Waals surface area contributed by atoms with Gasteiger partial charge in [-0.25, -0.2) is 4.39 Å². The lowest BCUT2D eigenvalue weighted by Gasteiger charge is -2.14. The average molecular weight is 252 g/mol. The fourth-order valence-corrected chi connectivity index (χ4v) is 1.73. The minimum Gasteiger partial charge on any atom is -0.398 e. The lowest BCUT2D eigenvalue weighted by molar-refractivity contribution is 0.220. The molecule has 0 spiro atoms. The van der Waals surface area contributed by atoms with Crippen LogP contribution in [-0.2, 0) is 0 Å². The van der Waals surface area contributed by atoms with Gasteiger partial charge in [-0.3, -0.25) is 0 Å². The summed E-state index contributed by atoms with van der Waals surface area (Å²) >= 11 is 5.75. The molecule has 2 rings (SSSR count). The van der Waals surface area contributed by atoms with E-state index in [0.717, 1.165) is 0 Å².